The average Bonchev–Trinajstić information content (AvgIpc) is 2.84. The molecule has 3 aliphatic rings. The van der Waals surface area contributed by atoms with E-state index in [1.165, 1.54) is 77.5 Å². The maximum Gasteiger partial charge on any atom is 0.0382 e. The molecule has 3 nitrogen and oxygen atoms in total. The van der Waals surface area contributed by atoms with Gasteiger partial charge in [-0.05, 0) is 57.0 Å². The van der Waals surface area contributed by atoms with Gasteiger partial charge in [0, 0.05) is 31.2 Å². The van der Waals surface area contributed by atoms with Crippen LogP contribution < -0.4 is 5.73 Å². The molecule has 21 heavy (non-hydrogen) atoms. The smallest absolute Gasteiger partial charge is 0.0382 e. The molecule has 2 aliphatic heterocycles. The molecule has 0 amide bonds. The van der Waals surface area contributed by atoms with Crippen molar-refractivity contribution in [1.82, 2.24) is 9.80 Å². The van der Waals surface area contributed by atoms with Gasteiger partial charge in [-0.3, -0.25) is 4.90 Å². The van der Waals surface area contributed by atoms with E-state index in [-0.39, 0.29) is 5.54 Å². The first-order valence-corrected chi connectivity index (χ1v) is 9.28. The molecular formula is C18H35N3. The molecule has 0 spiro atoms. The predicted octanol–water partition coefficient (Wildman–Crippen LogP) is 2.84. The zero-order valence-corrected chi connectivity index (χ0v) is 14.2. The molecule has 0 bridgehead atoms. The molecule has 2 heterocycles. The molecule has 2 saturated heterocycles. The Morgan fingerprint density at radius 3 is 2.10 bits per heavy atom. The minimum atomic E-state index is 0.278. The van der Waals surface area contributed by atoms with Crippen molar-refractivity contribution in [2.75, 3.05) is 32.7 Å². The maximum atomic E-state index is 6.30. The van der Waals surface area contributed by atoms with Crippen molar-refractivity contribution in [3.63, 3.8) is 0 Å². The van der Waals surface area contributed by atoms with Gasteiger partial charge < -0.3 is 10.6 Å². The van der Waals surface area contributed by atoms with Gasteiger partial charge in [0.2, 0.25) is 0 Å². The molecule has 0 radical (unpaired) electrons. The van der Waals surface area contributed by atoms with E-state index in [4.69, 9.17) is 5.73 Å². The molecule has 3 heteroatoms. The van der Waals surface area contributed by atoms with E-state index >= 15 is 0 Å². The first kappa shape index (κ1) is 15.8. The lowest BCUT2D eigenvalue weighted by Gasteiger charge is -2.53. The van der Waals surface area contributed by atoms with Gasteiger partial charge in [-0.25, -0.2) is 0 Å². The Morgan fingerprint density at radius 1 is 0.905 bits per heavy atom. The summed E-state index contributed by atoms with van der Waals surface area (Å²) in [6, 6.07) is 0.848. The average molecular weight is 293 g/mol. The lowest BCUT2D eigenvalue weighted by atomic mass is 9.72. The number of nitrogens with zero attached hydrogens (tertiary/aromatic N) is 2. The summed E-state index contributed by atoms with van der Waals surface area (Å²) in [5.41, 5.74) is 6.97. The van der Waals surface area contributed by atoms with Gasteiger partial charge in [0.25, 0.3) is 0 Å². The molecule has 1 saturated carbocycles. The van der Waals surface area contributed by atoms with Crippen molar-refractivity contribution in [3.05, 3.63) is 0 Å². The summed E-state index contributed by atoms with van der Waals surface area (Å²) in [6.45, 7) is 11.0. The van der Waals surface area contributed by atoms with Crippen LogP contribution in [-0.2, 0) is 0 Å². The molecule has 1 aliphatic carbocycles. The van der Waals surface area contributed by atoms with Gasteiger partial charge in [-0.1, -0.05) is 26.7 Å². The van der Waals surface area contributed by atoms with Crippen LogP contribution in [0.25, 0.3) is 0 Å². The zero-order valence-electron chi connectivity index (χ0n) is 14.2. The lowest BCUT2D eigenvalue weighted by Crippen LogP contribution is -2.62. The fraction of sp³-hybridized carbons (Fsp3) is 1.00. The number of piperidine rings is 2. The quantitative estimate of drug-likeness (QED) is 0.868. The molecule has 0 aromatic rings. The lowest BCUT2D eigenvalue weighted by molar-refractivity contribution is -0.0213. The van der Waals surface area contributed by atoms with E-state index in [0.717, 1.165) is 12.6 Å². The van der Waals surface area contributed by atoms with Crippen molar-refractivity contribution in [3.8, 4) is 0 Å². The summed E-state index contributed by atoms with van der Waals surface area (Å²) in [6.07, 6.45) is 11.0. The second-order valence-electron chi connectivity index (χ2n) is 8.29. The summed E-state index contributed by atoms with van der Waals surface area (Å²) >= 11 is 0. The van der Waals surface area contributed by atoms with Gasteiger partial charge in [0.15, 0.2) is 0 Å². The van der Waals surface area contributed by atoms with Crippen LogP contribution in [-0.4, -0.2) is 54.1 Å². The van der Waals surface area contributed by atoms with Crippen LogP contribution in [0.2, 0.25) is 0 Å². The van der Waals surface area contributed by atoms with Gasteiger partial charge in [0.1, 0.15) is 0 Å². The monoisotopic (exact) mass is 293 g/mol. The summed E-state index contributed by atoms with van der Waals surface area (Å²) < 4.78 is 0. The highest BCUT2D eigenvalue weighted by molar-refractivity contribution is 5.08. The first-order valence-electron chi connectivity index (χ1n) is 9.28. The van der Waals surface area contributed by atoms with Crippen molar-refractivity contribution in [2.24, 2.45) is 11.1 Å². The van der Waals surface area contributed by atoms with Gasteiger partial charge >= 0.3 is 0 Å². The molecule has 1 atom stereocenters. The van der Waals surface area contributed by atoms with Crippen molar-refractivity contribution in [1.29, 1.82) is 0 Å². The number of likely N-dealkylation sites (tertiary alicyclic amines) is 2. The van der Waals surface area contributed by atoms with E-state index in [1.807, 2.05) is 0 Å². The van der Waals surface area contributed by atoms with Crippen LogP contribution in [0.15, 0.2) is 0 Å². The highest BCUT2D eigenvalue weighted by Gasteiger charge is 2.52. The second kappa shape index (κ2) is 6.17. The molecule has 1 unspecified atom stereocenters. The highest BCUT2D eigenvalue weighted by atomic mass is 15.3. The van der Waals surface area contributed by atoms with E-state index in [0.29, 0.717) is 5.41 Å². The Kier molecular flexibility index (Phi) is 4.63. The van der Waals surface area contributed by atoms with E-state index in [9.17, 15) is 0 Å². The summed E-state index contributed by atoms with van der Waals surface area (Å²) in [4.78, 5) is 5.55. The SMILES string of the molecule is CC1(C)CCCC1(CN)N1CCC(N2CCCCC2)CC1. The standard InChI is InChI=1S/C18H35N3/c1-17(2)9-6-10-18(17,15-19)21-13-7-16(8-14-21)20-11-4-3-5-12-20/h16H,3-15,19H2,1-2H3. The van der Waals surface area contributed by atoms with Crippen molar-refractivity contribution >= 4 is 0 Å². The predicted molar refractivity (Wildman–Crippen MR) is 89.4 cm³/mol. The Bertz CT molecular complexity index is 340. The molecule has 3 rings (SSSR count). The third-order valence-electron chi connectivity index (χ3n) is 6.97. The van der Waals surface area contributed by atoms with Crippen LogP contribution >= 0.6 is 0 Å². The zero-order chi connectivity index (χ0) is 14.9. The van der Waals surface area contributed by atoms with E-state index in [2.05, 4.69) is 23.6 Å². The van der Waals surface area contributed by atoms with Gasteiger partial charge in [-0.15, -0.1) is 0 Å². The van der Waals surface area contributed by atoms with E-state index in [1.54, 1.807) is 0 Å². The Balaban J connectivity index is 1.62. The largest absolute Gasteiger partial charge is 0.329 e. The molecule has 2 N–H and O–H groups in total. The Hall–Kier alpha value is -0.120. The molecular weight excluding hydrogens is 258 g/mol. The molecule has 0 aromatic heterocycles. The fourth-order valence-corrected chi connectivity index (χ4v) is 5.43. The van der Waals surface area contributed by atoms with Crippen LogP contribution in [0.3, 0.4) is 0 Å². The number of hydrogen-bond donors (Lipinski definition) is 1. The summed E-state index contributed by atoms with van der Waals surface area (Å²) in [5.74, 6) is 0. The number of rotatable bonds is 3. The molecule has 122 valence electrons. The van der Waals surface area contributed by atoms with Crippen LogP contribution in [0.1, 0.15) is 65.2 Å². The maximum absolute atomic E-state index is 6.30. The van der Waals surface area contributed by atoms with Crippen LogP contribution in [0, 0.1) is 5.41 Å². The Morgan fingerprint density at radius 2 is 1.57 bits per heavy atom. The molecule has 3 fully saturated rings. The minimum absolute atomic E-state index is 0.278. The van der Waals surface area contributed by atoms with Crippen molar-refractivity contribution < 1.29 is 0 Å². The van der Waals surface area contributed by atoms with Crippen LogP contribution in [0.5, 0.6) is 0 Å². The van der Waals surface area contributed by atoms with Gasteiger partial charge in [-0.2, -0.15) is 0 Å². The minimum Gasteiger partial charge on any atom is -0.329 e. The second-order valence-corrected chi connectivity index (χ2v) is 8.29. The van der Waals surface area contributed by atoms with Crippen LogP contribution in [0.4, 0.5) is 0 Å². The molecule has 0 aromatic carbocycles. The first-order chi connectivity index (χ1) is 10.1. The Labute approximate surface area is 131 Å². The summed E-state index contributed by atoms with van der Waals surface area (Å²) in [7, 11) is 0. The van der Waals surface area contributed by atoms with Crippen molar-refractivity contribution in [2.45, 2.75) is 76.8 Å². The number of hydrogen-bond acceptors (Lipinski definition) is 3. The topological polar surface area (TPSA) is 32.5 Å². The third kappa shape index (κ3) is 2.77. The number of nitrogens with two attached hydrogens (primary N) is 1. The fourth-order valence-electron chi connectivity index (χ4n) is 5.43. The van der Waals surface area contributed by atoms with Gasteiger partial charge in [0.05, 0.1) is 0 Å². The van der Waals surface area contributed by atoms with E-state index < -0.39 is 0 Å². The third-order valence-corrected chi connectivity index (χ3v) is 6.97. The normalized spacial score (nSPS) is 36.1. The highest BCUT2D eigenvalue weighted by Crippen LogP contribution is 2.49. The summed E-state index contributed by atoms with van der Waals surface area (Å²) in [5, 5.41) is 0.